The standard InChI is InChI=1S/C11H17NO3S/c1-3-15-10(14)9-11(6-8(13)12-9)4-5-16-7(11)2/h7,9H,3-6H2,1-2H3,(H,12,13). The molecule has 2 heterocycles. The summed E-state index contributed by atoms with van der Waals surface area (Å²) in [5.74, 6) is 0.724. The quantitative estimate of drug-likeness (QED) is 0.734. The highest BCUT2D eigenvalue weighted by molar-refractivity contribution is 8.00. The minimum atomic E-state index is -0.440. The Labute approximate surface area is 99.5 Å². The van der Waals surface area contributed by atoms with Crippen molar-refractivity contribution < 1.29 is 14.3 Å². The van der Waals surface area contributed by atoms with Gasteiger partial charge in [-0.2, -0.15) is 11.8 Å². The molecule has 0 saturated carbocycles. The fourth-order valence-electron chi connectivity index (χ4n) is 2.68. The van der Waals surface area contributed by atoms with Crippen LogP contribution in [0, 0.1) is 5.41 Å². The summed E-state index contributed by atoms with van der Waals surface area (Å²) in [7, 11) is 0. The molecule has 0 bridgehead atoms. The van der Waals surface area contributed by atoms with E-state index >= 15 is 0 Å². The maximum Gasteiger partial charge on any atom is 0.329 e. The summed E-state index contributed by atoms with van der Waals surface area (Å²) in [5.41, 5.74) is -0.214. The molecule has 2 rings (SSSR count). The summed E-state index contributed by atoms with van der Waals surface area (Å²) >= 11 is 1.83. The first-order valence-corrected chi connectivity index (χ1v) is 6.72. The predicted octanol–water partition coefficient (Wildman–Crippen LogP) is 0.950. The lowest BCUT2D eigenvalue weighted by atomic mass is 9.75. The third-order valence-corrected chi connectivity index (χ3v) is 5.05. The average Bonchev–Trinajstić information content (AvgIpc) is 2.74. The van der Waals surface area contributed by atoms with Crippen molar-refractivity contribution in [2.45, 2.75) is 38.0 Å². The molecular weight excluding hydrogens is 226 g/mol. The number of carbonyl (C=O) groups excluding carboxylic acids is 2. The Morgan fingerprint density at radius 3 is 3.00 bits per heavy atom. The van der Waals surface area contributed by atoms with Crippen molar-refractivity contribution in [3.63, 3.8) is 0 Å². The molecule has 2 aliphatic rings. The van der Waals surface area contributed by atoms with Crippen molar-refractivity contribution in [3.05, 3.63) is 0 Å². The number of nitrogens with one attached hydrogen (secondary N) is 1. The Bertz CT molecular complexity index is 320. The summed E-state index contributed by atoms with van der Waals surface area (Å²) in [4.78, 5) is 23.4. The topological polar surface area (TPSA) is 55.4 Å². The van der Waals surface area contributed by atoms with Crippen LogP contribution in [-0.2, 0) is 14.3 Å². The predicted molar refractivity (Wildman–Crippen MR) is 62.2 cm³/mol. The van der Waals surface area contributed by atoms with Crippen molar-refractivity contribution in [2.24, 2.45) is 5.41 Å². The van der Waals surface area contributed by atoms with E-state index < -0.39 is 6.04 Å². The Balaban J connectivity index is 2.22. The SMILES string of the molecule is CCOC(=O)C1NC(=O)CC12CCSC2C. The van der Waals surface area contributed by atoms with Crippen LogP contribution in [0.25, 0.3) is 0 Å². The lowest BCUT2D eigenvalue weighted by molar-refractivity contribution is -0.148. The fourth-order valence-corrected chi connectivity index (χ4v) is 4.20. The van der Waals surface area contributed by atoms with Crippen molar-refractivity contribution in [1.82, 2.24) is 5.32 Å². The third-order valence-electron chi connectivity index (χ3n) is 3.64. The highest BCUT2D eigenvalue weighted by Gasteiger charge is 2.56. The average molecular weight is 243 g/mol. The molecule has 0 aliphatic carbocycles. The van der Waals surface area contributed by atoms with Crippen LogP contribution < -0.4 is 5.32 Å². The van der Waals surface area contributed by atoms with E-state index in [9.17, 15) is 9.59 Å². The monoisotopic (exact) mass is 243 g/mol. The van der Waals surface area contributed by atoms with Gasteiger partial charge >= 0.3 is 5.97 Å². The van der Waals surface area contributed by atoms with Gasteiger partial charge in [0.25, 0.3) is 0 Å². The lowest BCUT2D eigenvalue weighted by Gasteiger charge is -2.31. The van der Waals surface area contributed by atoms with Crippen LogP contribution in [0.2, 0.25) is 0 Å². The van der Waals surface area contributed by atoms with E-state index in [1.807, 2.05) is 11.8 Å². The third kappa shape index (κ3) is 1.71. The summed E-state index contributed by atoms with van der Waals surface area (Å²) in [6.07, 6.45) is 1.38. The van der Waals surface area contributed by atoms with E-state index in [2.05, 4.69) is 12.2 Å². The first kappa shape index (κ1) is 11.8. The second-order valence-corrected chi connectivity index (χ2v) is 5.87. The molecule has 2 fully saturated rings. The maximum absolute atomic E-state index is 11.9. The van der Waals surface area contributed by atoms with Crippen molar-refractivity contribution in [3.8, 4) is 0 Å². The number of rotatable bonds is 2. The Hall–Kier alpha value is -0.710. The molecule has 2 saturated heterocycles. The minimum Gasteiger partial charge on any atom is -0.464 e. The van der Waals surface area contributed by atoms with Crippen LogP contribution in [-0.4, -0.2) is 35.5 Å². The Morgan fingerprint density at radius 1 is 1.69 bits per heavy atom. The van der Waals surface area contributed by atoms with E-state index in [4.69, 9.17) is 4.74 Å². The maximum atomic E-state index is 11.9. The summed E-state index contributed by atoms with van der Waals surface area (Å²) in [6.45, 7) is 4.25. The molecule has 5 heteroatoms. The van der Waals surface area contributed by atoms with Crippen molar-refractivity contribution in [1.29, 1.82) is 0 Å². The molecule has 3 unspecified atom stereocenters. The highest BCUT2D eigenvalue weighted by atomic mass is 32.2. The molecule has 0 aromatic heterocycles. The zero-order valence-electron chi connectivity index (χ0n) is 9.62. The molecule has 16 heavy (non-hydrogen) atoms. The zero-order valence-corrected chi connectivity index (χ0v) is 10.4. The first-order valence-electron chi connectivity index (χ1n) is 5.68. The van der Waals surface area contributed by atoms with Gasteiger partial charge in [-0.3, -0.25) is 4.79 Å². The smallest absolute Gasteiger partial charge is 0.329 e. The van der Waals surface area contributed by atoms with Crippen LogP contribution in [0.4, 0.5) is 0 Å². The molecule has 3 atom stereocenters. The second kappa shape index (κ2) is 4.28. The molecule has 90 valence electrons. The molecule has 1 spiro atoms. The number of ether oxygens (including phenoxy) is 1. The fraction of sp³-hybridized carbons (Fsp3) is 0.818. The summed E-state index contributed by atoms with van der Waals surface area (Å²) < 4.78 is 5.05. The van der Waals surface area contributed by atoms with Gasteiger partial charge in [-0.15, -0.1) is 0 Å². The first-order chi connectivity index (χ1) is 7.60. The molecule has 1 amide bonds. The largest absolute Gasteiger partial charge is 0.464 e. The number of carbonyl (C=O) groups is 2. The lowest BCUT2D eigenvalue weighted by Crippen LogP contribution is -2.47. The van der Waals surface area contributed by atoms with E-state index in [0.29, 0.717) is 18.3 Å². The van der Waals surface area contributed by atoms with Gasteiger partial charge in [0.15, 0.2) is 0 Å². The number of hydrogen-bond donors (Lipinski definition) is 1. The van der Waals surface area contributed by atoms with E-state index in [1.54, 1.807) is 6.92 Å². The van der Waals surface area contributed by atoms with E-state index in [1.165, 1.54) is 0 Å². The molecule has 4 nitrogen and oxygen atoms in total. The second-order valence-electron chi connectivity index (χ2n) is 4.43. The van der Waals surface area contributed by atoms with E-state index in [0.717, 1.165) is 12.2 Å². The summed E-state index contributed by atoms with van der Waals surface area (Å²) in [6, 6.07) is -0.440. The molecule has 0 aromatic rings. The van der Waals surface area contributed by atoms with Gasteiger partial charge in [-0.25, -0.2) is 4.79 Å². The zero-order chi connectivity index (χ0) is 11.8. The van der Waals surface area contributed by atoms with Crippen LogP contribution in [0.3, 0.4) is 0 Å². The minimum absolute atomic E-state index is 0.0209. The van der Waals surface area contributed by atoms with Gasteiger partial charge in [-0.05, 0) is 19.1 Å². The van der Waals surface area contributed by atoms with Crippen molar-refractivity contribution >= 4 is 23.6 Å². The van der Waals surface area contributed by atoms with Gasteiger partial charge in [-0.1, -0.05) is 6.92 Å². The molecule has 1 N–H and O–H groups in total. The molecular formula is C11H17NO3S. The molecule has 2 aliphatic heterocycles. The van der Waals surface area contributed by atoms with Crippen LogP contribution in [0.1, 0.15) is 26.7 Å². The number of esters is 1. The highest BCUT2D eigenvalue weighted by Crippen LogP contribution is 2.50. The van der Waals surface area contributed by atoms with Gasteiger partial charge in [0, 0.05) is 17.1 Å². The molecule has 0 aromatic carbocycles. The van der Waals surface area contributed by atoms with Crippen LogP contribution >= 0.6 is 11.8 Å². The van der Waals surface area contributed by atoms with Gasteiger partial charge in [0.1, 0.15) is 6.04 Å². The van der Waals surface area contributed by atoms with Crippen LogP contribution in [0.5, 0.6) is 0 Å². The van der Waals surface area contributed by atoms with Gasteiger partial charge in [0.2, 0.25) is 5.91 Å². The summed E-state index contributed by atoms with van der Waals surface area (Å²) in [5, 5.41) is 3.11. The van der Waals surface area contributed by atoms with Gasteiger partial charge in [0.05, 0.1) is 6.61 Å². The number of amides is 1. The number of hydrogen-bond acceptors (Lipinski definition) is 4. The normalized spacial score (nSPS) is 37.8. The van der Waals surface area contributed by atoms with Crippen molar-refractivity contribution in [2.75, 3.05) is 12.4 Å². The number of thioether (sulfide) groups is 1. The Morgan fingerprint density at radius 2 is 2.44 bits per heavy atom. The van der Waals surface area contributed by atoms with Crippen LogP contribution in [0.15, 0.2) is 0 Å². The Kier molecular flexibility index (Phi) is 3.15. The van der Waals surface area contributed by atoms with E-state index in [-0.39, 0.29) is 17.3 Å². The molecule has 0 radical (unpaired) electrons. The van der Waals surface area contributed by atoms with Gasteiger partial charge < -0.3 is 10.1 Å².